The second-order valence-electron chi connectivity index (χ2n) is 4.34. The fraction of sp³-hybridized carbons (Fsp3) is 0.923. The third-order valence-corrected chi connectivity index (χ3v) is 2.82. The second-order valence-corrected chi connectivity index (χ2v) is 4.34. The SMILES string of the molecule is [Br-].[NH3+]CCCCCCCCCCCCC=O. The van der Waals surface area contributed by atoms with Crippen LogP contribution in [0.4, 0.5) is 0 Å². The molecule has 0 saturated heterocycles. The van der Waals surface area contributed by atoms with Gasteiger partial charge in [-0.1, -0.05) is 44.9 Å². The van der Waals surface area contributed by atoms with Crippen molar-refractivity contribution in [1.29, 1.82) is 0 Å². The smallest absolute Gasteiger partial charge is 0.119 e. The summed E-state index contributed by atoms with van der Waals surface area (Å²) in [6, 6.07) is 0. The quantitative estimate of drug-likeness (QED) is 0.391. The van der Waals surface area contributed by atoms with Gasteiger partial charge in [-0.05, 0) is 19.3 Å². The molecule has 0 aliphatic heterocycles. The molecule has 0 unspecified atom stereocenters. The van der Waals surface area contributed by atoms with Crippen LogP contribution in [0.15, 0.2) is 0 Å². The maximum atomic E-state index is 10.1. The van der Waals surface area contributed by atoms with Crippen molar-refractivity contribution in [2.24, 2.45) is 0 Å². The Labute approximate surface area is 111 Å². The zero-order valence-corrected chi connectivity index (χ0v) is 12.1. The van der Waals surface area contributed by atoms with Crippen molar-refractivity contribution in [3.63, 3.8) is 0 Å². The zero-order chi connectivity index (χ0) is 11.2. The molecule has 0 aromatic rings. The number of aldehydes is 1. The van der Waals surface area contributed by atoms with Crippen LogP contribution in [0.2, 0.25) is 0 Å². The Bertz CT molecular complexity index is 131. The number of hydrogen-bond acceptors (Lipinski definition) is 1. The van der Waals surface area contributed by atoms with Gasteiger partial charge in [0.2, 0.25) is 0 Å². The lowest BCUT2D eigenvalue weighted by Gasteiger charge is -2.00. The van der Waals surface area contributed by atoms with Gasteiger partial charge in [0.15, 0.2) is 0 Å². The van der Waals surface area contributed by atoms with Crippen LogP contribution in [0, 0.1) is 0 Å². The Hall–Kier alpha value is 0.110. The van der Waals surface area contributed by atoms with Gasteiger partial charge >= 0.3 is 0 Å². The fourth-order valence-corrected chi connectivity index (χ4v) is 1.82. The first-order chi connectivity index (χ1) is 7.41. The van der Waals surface area contributed by atoms with Crippen LogP contribution in [0.25, 0.3) is 0 Å². The Morgan fingerprint density at radius 2 is 1.06 bits per heavy atom. The molecule has 0 heterocycles. The van der Waals surface area contributed by atoms with Gasteiger partial charge in [-0.2, -0.15) is 0 Å². The fourth-order valence-electron chi connectivity index (χ4n) is 1.82. The van der Waals surface area contributed by atoms with Crippen LogP contribution < -0.4 is 22.7 Å². The first-order valence-corrected chi connectivity index (χ1v) is 6.64. The van der Waals surface area contributed by atoms with Gasteiger partial charge in [-0.3, -0.25) is 0 Å². The summed E-state index contributed by atoms with van der Waals surface area (Å²) in [6.45, 7) is 1.09. The molecule has 0 spiro atoms. The molecular weight excluding hydrogens is 266 g/mol. The highest BCUT2D eigenvalue weighted by atomic mass is 79.9. The average molecular weight is 294 g/mol. The van der Waals surface area contributed by atoms with Crippen LogP contribution in [-0.4, -0.2) is 12.8 Å². The summed E-state index contributed by atoms with van der Waals surface area (Å²) >= 11 is 0. The molecule has 0 aromatic heterocycles. The monoisotopic (exact) mass is 293 g/mol. The predicted molar refractivity (Wildman–Crippen MR) is 64.6 cm³/mol. The summed E-state index contributed by atoms with van der Waals surface area (Å²) in [5, 5.41) is 0. The minimum Gasteiger partial charge on any atom is -1.00 e. The summed E-state index contributed by atoms with van der Waals surface area (Å²) in [5.41, 5.74) is 3.84. The molecule has 0 amide bonds. The lowest BCUT2D eigenvalue weighted by molar-refractivity contribution is -0.368. The highest BCUT2D eigenvalue weighted by molar-refractivity contribution is 5.48. The van der Waals surface area contributed by atoms with E-state index in [0.717, 1.165) is 25.7 Å². The van der Waals surface area contributed by atoms with Crippen molar-refractivity contribution in [2.45, 2.75) is 70.6 Å². The Morgan fingerprint density at radius 3 is 1.44 bits per heavy atom. The van der Waals surface area contributed by atoms with Crippen LogP contribution in [0.5, 0.6) is 0 Å². The summed E-state index contributed by atoms with van der Waals surface area (Å²) in [6.07, 6.45) is 15.0. The van der Waals surface area contributed by atoms with E-state index in [0.29, 0.717) is 0 Å². The van der Waals surface area contributed by atoms with E-state index in [9.17, 15) is 4.79 Å². The third kappa shape index (κ3) is 16.5. The van der Waals surface area contributed by atoms with Gasteiger partial charge in [-0.25, -0.2) is 0 Å². The van der Waals surface area contributed by atoms with Crippen molar-refractivity contribution in [3.8, 4) is 0 Å². The Morgan fingerprint density at radius 1 is 0.688 bits per heavy atom. The number of unbranched alkanes of at least 4 members (excludes halogenated alkanes) is 10. The zero-order valence-electron chi connectivity index (χ0n) is 10.6. The number of carbonyl (C=O) groups is 1. The maximum absolute atomic E-state index is 10.1. The topological polar surface area (TPSA) is 44.7 Å². The minimum atomic E-state index is 0. The van der Waals surface area contributed by atoms with E-state index in [4.69, 9.17) is 0 Å². The van der Waals surface area contributed by atoms with Gasteiger partial charge in [0, 0.05) is 6.42 Å². The largest absolute Gasteiger partial charge is 1.00 e. The van der Waals surface area contributed by atoms with Gasteiger partial charge in [0.1, 0.15) is 6.29 Å². The molecular formula is C13H28BrNO. The molecule has 0 aromatic carbocycles. The number of quaternary nitrogens is 1. The van der Waals surface area contributed by atoms with E-state index in [1.54, 1.807) is 0 Å². The Balaban J connectivity index is 0. The molecule has 0 bridgehead atoms. The van der Waals surface area contributed by atoms with E-state index >= 15 is 0 Å². The molecule has 0 rings (SSSR count). The maximum Gasteiger partial charge on any atom is 0.119 e. The van der Waals surface area contributed by atoms with Crippen molar-refractivity contribution < 1.29 is 27.5 Å². The van der Waals surface area contributed by atoms with E-state index in [2.05, 4.69) is 5.73 Å². The Kier molecular flexibility index (Phi) is 20.2. The lowest BCUT2D eigenvalue weighted by Crippen LogP contribution is -3.00. The average Bonchev–Trinajstić information content (AvgIpc) is 2.26. The molecule has 0 atom stereocenters. The molecule has 0 aliphatic rings. The first-order valence-electron chi connectivity index (χ1n) is 6.64. The number of hydrogen-bond donors (Lipinski definition) is 1. The first kappa shape index (κ1) is 18.5. The van der Waals surface area contributed by atoms with E-state index in [1.165, 1.54) is 57.8 Å². The van der Waals surface area contributed by atoms with Crippen molar-refractivity contribution in [3.05, 3.63) is 0 Å². The molecule has 0 aliphatic carbocycles. The van der Waals surface area contributed by atoms with Crippen molar-refractivity contribution in [1.82, 2.24) is 0 Å². The third-order valence-electron chi connectivity index (χ3n) is 2.82. The van der Waals surface area contributed by atoms with Crippen LogP contribution in [0.1, 0.15) is 70.6 Å². The molecule has 3 N–H and O–H groups in total. The molecule has 16 heavy (non-hydrogen) atoms. The highest BCUT2D eigenvalue weighted by Gasteiger charge is 1.92. The lowest BCUT2D eigenvalue weighted by atomic mass is 10.1. The van der Waals surface area contributed by atoms with Gasteiger partial charge in [-0.15, -0.1) is 0 Å². The molecule has 98 valence electrons. The van der Waals surface area contributed by atoms with Crippen molar-refractivity contribution >= 4 is 6.29 Å². The van der Waals surface area contributed by atoms with Crippen LogP contribution >= 0.6 is 0 Å². The number of carbonyl (C=O) groups excluding carboxylic acids is 1. The van der Waals surface area contributed by atoms with Crippen LogP contribution in [-0.2, 0) is 4.79 Å². The second kappa shape index (κ2) is 17.5. The van der Waals surface area contributed by atoms with Crippen molar-refractivity contribution in [2.75, 3.05) is 6.54 Å². The minimum absolute atomic E-state index is 0. The summed E-state index contributed by atoms with van der Waals surface area (Å²) in [4.78, 5) is 10.1. The molecule has 3 heteroatoms. The van der Waals surface area contributed by atoms with Crippen LogP contribution in [0.3, 0.4) is 0 Å². The molecule has 0 radical (unpaired) electrons. The van der Waals surface area contributed by atoms with E-state index in [1.807, 2.05) is 0 Å². The normalized spacial score (nSPS) is 9.81. The highest BCUT2D eigenvalue weighted by Crippen LogP contribution is 2.10. The number of halogens is 1. The molecule has 2 nitrogen and oxygen atoms in total. The van der Waals surface area contributed by atoms with Gasteiger partial charge in [0.05, 0.1) is 6.54 Å². The van der Waals surface area contributed by atoms with Gasteiger partial charge in [0.25, 0.3) is 0 Å². The number of rotatable bonds is 12. The summed E-state index contributed by atoms with van der Waals surface area (Å²) in [7, 11) is 0. The van der Waals surface area contributed by atoms with Gasteiger partial charge < -0.3 is 27.5 Å². The summed E-state index contributed by atoms with van der Waals surface area (Å²) in [5.74, 6) is 0. The predicted octanol–water partition coefficient (Wildman–Crippen LogP) is -0.278. The standard InChI is InChI=1S/C13H27NO.BrH/c14-12-10-8-6-4-2-1-3-5-7-9-11-13-15;/h13H,1-12,14H2;1H. The summed E-state index contributed by atoms with van der Waals surface area (Å²) < 4.78 is 0. The van der Waals surface area contributed by atoms with E-state index in [-0.39, 0.29) is 17.0 Å². The molecule has 0 saturated carbocycles. The van der Waals surface area contributed by atoms with E-state index < -0.39 is 0 Å². The molecule has 0 fully saturated rings.